The summed E-state index contributed by atoms with van der Waals surface area (Å²) in [7, 11) is 1.68. The summed E-state index contributed by atoms with van der Waals surface area (Å²) < 4.78 is 2.08. The predicted molar refractivity (Wildman–Crippen MR) is 52.6 cm³/mol. The molecule has 1 N–H and O–H groups in total. The Morgan fingerprint density at radius 3 is 2.77 bits per heavy atom. The first-order valence-electron chi connectivity index (χ1n) is 3.31. The van der Waals surface area contributed by atoms with Crippen LogP contribution in [0.25, 0.3) is 6.08 Å². The van der Waals surface area contributed by atoms with Crippen LogP contribution in [0.1, 0.15) is 5.69 Å². The minimum Gasteiger partial charge on any atom is -0.478 e. The minimum absolute atomic E-state index is 0.313. The van der Waals surface area contributed by atoms with Crippen LogP contribution in [0, 0.1) is 0 Å². The summed E-state index contributed by atoms with van der Waals surface area (Å²) in [5, 5.41) is 12.6. The monoisotopic (exact) mass is 264 g/mol. The van der Waals surface area contributed by atoms with Crippen molar-refractivity contribution in [2.45, 2.75) is 0 Å². The second-order valence-electron chi connectivity index (χ2n) is 2.29. The topological polar surface area (TPSA) is 55.1 Å². The van der Waals surface area contributed by atoms with E-state index in [1.807, 2.05) is 0 Å². The molecular weight excluding hydrogens is 259 g/mol. The maximum absolute atomic E-state index is 10.2. The zero-order valence-corrected chi connectivity index (χ0v) is 9.00. The molecule has 0 saturated carbocycles. The van der Waals surface area contributed by atoms with Crippen LogP contribution in [-0.4, -0.2) is 20.9 Å². The fraction of sp³-hybridized carbons (Fsp3) is 0.143. The number of aryl methyl sites for hydroxylation is 1. The van der Waals surface area contributed by atoms with E-state index in [0.29, 0.717) is 15.3 Å². The molecule has 0 aliphatic carbocycles. The highest BCUT2D eigenvalue weighted by Crippen LogP contribution is 2.25. The van der Waals surface area contributed by atoms with Crippen molar-refractivity contribution in [3.05, 3.63) is 21.4 Å². The van der Waals surface area contributed by atoms with Gasteiger partial charge in [-0.3, -0.25) is 4.68 Å². The second kappa shape index (κ2) is 3.93. The van der Waals surface area contributed by atoms with Gasteiger partial charge in [0, 0.05) is 13.1 Å². The van der Waals surface area contributed by atoms with Gasteiger partial charge in [-0.15, -0.1) is 0 Å². The van der Waals surface area contributed by atoms with Gasteiger partial charge in [0.15, 0.2) is 5.15 Å². The molecule has 0 atom stereocenters. The largest absolute Gasteiger partial charge is 0.478 e. The summed E-state index contributed by atoms with van der Waals surface area (Å²) in [6.07, 6.45) is 2.45. The van der Waals surface area contributed by atoms with Crippen molar-refractivity contribution in [2.24, 2.45) is 7.05 Å². The summed E-state index contributed by atoms with van der Waals surface area (Å²) in [5.74, 6) is -1.01. The van der Waals surface area contributed by atoms with Crippen LogP contribution in [0.2, 0.25) is 5.15 Å². The molecular formula is C7H6BrClN2O2. The molecule has 1 heterocycles. The molecule has 70 valence electrons. The molecule has 0 amide bonds. The lowest BCUT2D eigenvalue weighted by molar-refractivity contribution is -0.131. The normalized spacial score (nSPS) is 11.0. The average molecular weight is 265 g/mol. The number of aromatic nitrogens is 2. The van der Waals surface area contributed by atoms with Crippen LogP contribution < -0.4 is 0 Å². The number of hydrogen-bond acceptors (Lipinski definition) is 2. The maximum Gasteiger partial charge on any atom is 0.328 e. The van der Waals surface area contributed by atoms with E-state index in [2.05, 4.69) is 21.0 Å². The molecule has 1 aromatic rings. The highest BCUT2D eigenvalue weighted by molar-refractivity contribution is 9.10. The van der Waals surface area contributed by atoms with Crippen LogP contribution in [0.5, 0.6) is 0 Å². The highest BCUT2D eigenvalue weighted by atomic mass is 79.9. The van der Waals surface area contributed by atoms with Gasteiger partial charge in [0.25, 0.3) is 0 Å². The first-order chi connectivity index (χ1) is 6.02. The molecule has 0 aliphatic heterocycles. The molecule has 0 aliphatic rings. The highest BCUT2D eigenvalue weighted by Gasteiger charge is 2.08. The number of carboxylic acids is 1. The lowest BCUT2D eigenvalue weighted by Crippen LogP contribution is -1.94. The molecule has 0 fully saturated rings. The summed E-state index contributed by atoms with van der Waals surface area (Å²) in [4.78, 5) is 10.2. The quantitative estimate of drug-likeness (QED) is 0.831. The van der Waals surface area contributed by atoms with Gasteiger partial charge in [-0.05, 0) is 22.0 Å². The Kier molecular flexibility index (Phi) is 3.11. The van der Waals surface area contributed by atoms with Crippen molar-refractivity contribution in [1.29, 1.82) is 0 Å². The molecule has 0 aromatic carbocycles. The molecule has 0 unspecified atom stereocenters. The van der Waals surface area contributed by atoms with E-state index in [9.17, 15) is 4.79 Å². The van der Waals surface area contributed by atoms with Gasteiger partial charge in [-0.25, -0.2) is 4.79 Å². The van der Waals surface area contributed by atoms with E-state index < -0.39 is 5.97 Å². The maximum atomic E-state index is 10.2. The lowest BCUT2D eigenvalue weighted by atomic mass is 10.4. The Morgan fingerprint density at radius 1 is 1.77 bits per heavy atom. The number of halogens is 2. The summed E-state index contributed by atoms with van der Waals surface area (Å²) in [5.41, 5.74) is 0.618. The molecule has 1 aromatic heterocycles. The van der Waals surface area contributed by atoms with Crippen LogP contribution in [0.15, 0.2) is 10.5 Å². The molecule has 1 rings (SSSR count). The average Bonchev–Trinajstić information content (AvgIpc) is 2.24. The molecule has 13 heavy (non-hydrogen) atoms. The van der Waals surface area contributed by atoms with Gasteiger partial charge in [-0.1, -0.05) is 11.6 Å². The number of nitrogens with zero attached hydrogens (tertiary/aromatic N) is 2. The van der Waals surface area contributed by atoms with Gasteiger partial charge in [0.2, 0.25) is 0 Å². The third kappa shape index (κ3) is 2.32. The second-order valence-corrected chi connectivity index (χ2v) is 3.44. The Balaban J connectivity index is 3.07. The summed E-state index contributed by atoms with van der Waals surface area (Å²) in [6, 6.07) is 0. The fourth-order valence-electron chi connectivity index (χ4n) is 0.808. The van der Waals surface area contributed by atoms with E-state index >= 15 is 0 Å². The van der Waals surface area contributed by atoms with E-state index in [1.54, 1.807) is 7.05 Å². The standard InChI is InChI=1S/C7H6BrClN2O2/c1-11-4(2-3-5(12)13)6(8)7(9)10-11/h2-3H,1H3,(H,12,13)/b3-2+. The number of rotatable bonds is 2. The predicted octanol–water partition coefficient (Wildman–Crippen LogP) is 1.93. The van der Waals surface area contributed by atoms with Crippen LogP contribution >= 0.6 is 27.5 Å². The molecule has 0 saturated heterocycles. The van der Waals surface area contributed by atoms with Crippen molar-refractivity contribution >= 4 is 39.6 Å². The van der Waals surface area contributed by atoms with Crippen LogP contribution in [0.4, 0.5) is 0 Å². The van der Waals surface area contributed by atoms with Crippen molar-refractivity contribution < 1.29 is 9.90 Å². The number of carboxylic acid groups (broad SMARTS) is 1. The van der Waals surface area contributed by atoms with Gasteiger partial charge in [0.05, 0.1) is 10.2 Å². The van der Waals surface area contributed by atoms with E-state index in [-0.39, 0.29) is 0 Å². The third-order valence-corrected chi connectivity index (χ3v) is 2.65. The molecule has 6 heteroatoms. The minimum atomic E-state index is -1.01. The number of hydrogen-bond donors (Lipinski definition) is 1. The van der Waals surface area contributed by atoms with Crippen LogP contribution in [0.3, 0.4) is 0 Å². The van der Waals surface area contributed by atoms with Gasteiger partial charge in [-0.2, -0.15) is 5.10 Å². The van der Waals surface area contributed by atoms with Gasteiger partial charge < -0.3 is 5.11 Å². The first-order valence-corrected chi connectivity index (χ1v) is 4.48. The Hall–Kier alpha value is -0.810. The summed E-state index contributed by atoms with van der Waals surface area (Å²) in [6.45, 7) is 0. The van der Waals surface area contributed by atoms with Gasteiger partial charge >= 0.3 is 5.97 Å². The molecule has 0 spiro atoms. The van der Waals surface area contributed by atoms with Crippen LogP contribution in [-0.2, 0) is 11.8 Å². The fourth-order valence-corrected chi connectivity index (χ4v) is 1.49. The zero-order chi connectivity index (χ0) is 10.0. The zero-order valence-electron chi connectivity index (χ0n) is 6.66. The van der Waals surface area contributed by atoms with E-state index in [4.69, 9.17) is 16.7 Å². The van der Waals surface area contributed by atoms with E-state index in [0.717, 1.165) is 6.08 Å². The SMILES string of the molecule is Cn1nc(Cl)c(Br)c1/C=C/C(=O)O. The smallest absolute Gasteiger partial charge is 0.328 e. The van der Waals surface area contributed by atoms with Crippen molar-refractivity contribution in [1.82, 2.24) is 9.78 Å². The van der Waals surface area contributed by atoms with Gasteiger partial charge in [0.1, 0.15) is 0 Å². The van der Waals surface area contributed by atoms with Crippen molar-refractivity contribution in [3.8, 4) is 0 Å². The molecule has 0 radical (unpaired) electrons. The third-order valence-electron chi connectivity index (χ3n) is 1.38. The Morgan fingerprint density at radius 2 is 2.38 bits per heavy atom. The lowest BCUT2D eigenvalue weighted by Gasteiger charge is -1.92. The van der Waals surface area contributed by atoms with Crippen molar-refractivity contribution in [2.75, 3.05) is 0 Å². The Bertz CT molecular complexity index is 373. The Labute approximate surface area is 87.9 Å². The first kappa shape index (κ1) is 10.3. The molecule has 0 bridgehead atoms. The number of aliphatic carboxylic acids is 1. The summed E-state index contributed by atoms with van der Waals surface area (Å²) >= 11 is 8.88. The van der Waals surface area contributed by atoms with E-state index in [1.165, 1.54) is 10.8 Å². The molecule has 4 nitrogen and oxygen atoms in total. The number of carbonyl (C=O) groups is 1. The van der Waals surface area contributed by atoms with Crippen molar-refractivity contribution in [3.63, 3.8) is 0 Å².